The Kier molecular flexibility index (Phi) is 2.91. The van der Waals surface area contributed by atoms with Crippen molar-refractivity contribution in [3.63, 3.8) is 0 Å². The molecule has 1 aliphatic heterocycles. The number of nitrogen functional groups attached to an aromatic ring is 1. The van der Waals surface area contributed by atoms with Crippen LogP contribution in [0.4, 0.5) is 21.6 Å². The smallest absolute Gasteiger partial charge is 0.257 e. The number of nitrogens with two attached hydrogens (primary N) is 1. The molecule has 2 aromatic heterocycles. The molecule has 2 N–H and O–H groups in total. The summed E-state index contributed by atoms with van der Waals surface area (Å²) < 4.78 is 15.9. The standard InChI is InChI=1S/C18H15FN6/c19-13-8-12-16(9-14(13)20)25-10-21-23-18(25)22-17(12)24-7-3-5-11-4-1-2-6-15(11)24/h1-2,4,6,8-10H,3,5,7,20H2. The summed E-state index contributed by atoms with van der Waals surface area (Å²) in [5.74, 6) is 0.700. The van der Waals surface area contributed by atoms with Crippen LogP contribution in [0.3, 0.4) is 0 Å². The van der Waals surface area contributed by atoms with E-state index in [1.54, 1.807) is 16.8 Å². The second-order valence-electron chi connectivity index (χ2n) is 6.21. The fraction of sp³-hybridized carbons (Fsp3) is 0.167. The molecular formula is C18H15FN6. The van der Waals surface area contributed by atoms with Crippen LogP contribution in [0.5, 0.6) is 0 Å². The summed E-state index contributed by atoms with van der Waals surface area (Å²) >= 11 is 0. The lowest BCUT2D eigenvalue weighted by molar-refractivity contribution is 0.634. The minimum absolute atomic E-state index is 0.0960. The molecule has 0 saturated heterocycles. The highest BCUT2D eigenvalue weighted by molar-refractivity contribution is 5.95. The van der Waals surface area contributed by atoms with Crippen LogP contribution in [0.15, 0.2) is 42.7 Å². The van der Waals surface area contributed by atoms with E-state index in [1.165, 1.54) is 11.6 Å². The van der Waals surface area contributed by atoms with Crippen LogP contribution >= 0.6 is 0 Å². The van der Waals surface area contributed by atoms with E-state index in [2.05, 4.69) is 32.2 Å². The molecule has 5 rings (SSSR count). The molecule has 0 radical (unpaired) electrons. The highest BCUT2D eigenvalue weighted by Gasteiger charge is 2.23. The summed E-state index contributed by atoms with van der Waals surface area (Å²) in [6, 6.07) is 11.3. The maximum atomic E-state index is 14.2. The lowest BCUT2D eigenvalue weighted by Crippen LogP contribution is -2.25. The lowest BCUT2D eigenvalue weighted by atomic mass is 10.0. The van der Waals surface area contributed by atoms with Crippen molar-refractivity contribution in [2.24, 2.45) is 0 Å². The molecule has 124 valence electrons. The highest BCUT2D eigenvalue weighted by Crippen LogP contribution is 2.37. The van der Waals surface area contributed by atoms with E-state index < -0.39 is 5.82 Å². The van der Waals surface area contributed by atoms with Gasteiger partial charge < -0.3 is 10.6 Å². The van der Waals surface area contributed by atoms with Gasteiger partial charge in [0, 0.05) is 17.6 Å². The number of hydrogen-bond acceptors (Lipinski definition) is 5. The minimum atomic E-state index is -0.451. The van der Waals surface area contributed by atoms with E-state index in [-0.39, 0.29) is 5.69 Å². The molecule has 7 heteroatoms. The fourth-order valence-electron chi connectivity index (χ4n) is 3.55. The summed E-state index contributed by atoms with van der Waals surface area (Å²) in [5, 5.41) is 8.69. The molecule has 0 bridgehead atoms. The van der Waals surface area contributed by atoms with Gasteiger partial charge in [-0.2, -0.15) is 4.98 Å². The predicted octanol–water partition coefficient (Wildman–Crippen LogP) is 3.08. The van der Waals surface area contributed by atoms with Gasteiger partial charge in [0.2, 0.25) is 0 Å². The quantitative estimate of drug-likeness (QED) is 0.542. The van der Waals surface area contributed by atoms with Gasteiger partial charge in [-0.05, 0) is 36.6 Å². The first-order chi connectivity index (χ1) is 12.2. The molecule has 2 aromatic carbocycles. The van der Waals surface area contributed by atoms with Gasteiger partial charge in [0.05, 0.1) is 11.2 Å². The molecule has 4 aromatic rings. The Morgan fingerprint density at radius 1 is 1.16 bits per heavy atom. The Labute approximate surface area is 142 Å². The highest BCUT2D eigenvalue weighted by atomic mass is 19.1. The molecule has 3 heterocycles. The number of aryl methyl sites for hydroxylation is 1. The zero-order valence-corrected chi connectivity index (χ0v) is 13.4. The number of fused-ring (bicyclic) bond motifs is 4. The van der Waals surface area contributed by atoms with Gasteiger partial charge in [-0.25, -0.2) is 4.39 Å². The van der Waals surface area contributed by atoms with Crippen LogP contribution < -0.4 is 10.6 Å². The number of hydrogen-bond donors (Lipinski definition) is 1. The zero-order valence-electron chi connectivity index (χ0n) is 13.4. The largest absolute Gasteiger partial charge is 0.396 e. The Morgan fingerprint density at radius 3 is 2.96 bits per heavy atom. The Balaban J connectivity index is 1.85. The summed E-state index contributed by atoms with van der Waals surface area (Å²) in [6.07, 6.45) is 3.60. The SMILES string of the molecule is Nc1cc2c(cc1F)c(N1CCCc3ccccc31)nc1nncn12. The third-order valence-electron chi connectivity index (χ3n) is 4.72. The number of aromatic nitrogens is 4. The number of rotatable bonds is 1. The van der Waals surface area contributed by atoms with Gasteiger partial charge in [0.15, 0.2) is 0 Å². The molecule has 0 aliphatic carbocycles. The number of halogens is 1. The maximum absolute atomic E-state index is 14.2. The van der Waals surface area contributed by atoms with Crippen molar-refractivity contribution in [2.75, 3.05) is 17.2 Å². The van der Waals surface area contributed by atoms with Gasteiger partial charge in [0.25, 0.3) is 5.78 Å². The Hall–Kier alpha value is -3.22. The van der Waals surface area contributed by atoms with Crippen LogP contribution in [0.2, 0.25) is 0 Å². The molecular weight excluding hydrogens is 319 g/mol. The Bertz CT molecular complexity index is 1120. The second-order valence-corrected chi connectivity index (χ2v) is 6.21. The van der Waals surface area contributed by atoms with Crippen molar-refractivity contribution in [3.05, 3.63) is 54.1 Å². The number of nitrogens with zero attached hydrogens (tertiary/aromatic N) is 5. The van der Waals surface area contributed by atoms with Gasteiger partial charge >= 0.3 is 0 Å². The van der Waals surface area contributed by atoms with E-state index in [9.17, 15) is 4.39 Å². The van der Waals surface area contributed by atoms with Crippen LogP contribution in [-0.4, -0.2) is 26.1 Å². The summed E-state index contributed by atoms with van der Waals surface area (Å²) in [4.78, 5) is 6.79. The molecule has 25 heavy (non-hydrogen) atoms. The van der Waals surface area contributed by atoms with Crippen molar-refractivity contribution in [3.8, 4) is 0 Å². The summed E-state index contributed by atoms with van der Waals surface area (Å²) in [5.41, 5.74) is 8.99. The van der Waals surface area contributed by atoms with Crippen molar-refractivity contribution >= 4 is 33.9 Å². The normalized spacial score (nSPS) is 14.2. The van der Waals surface area contributed by atoms with Gasteiger partial charge in [-0.15, -0.1) is 10.2 Å². The number of para-hydroxylation sites is 1. The maximum Gasteiger partial charge on any atom is 0.257 e. The van der Waals surface area contributed by atoms with Crippen LogP contribution in [-0.2, 0) is 6.42 Å². The summed E-state index contributed by atoms with van der Waals surface area (Å²) in [6.45, 7) is 0.815. The number of benzene rings is 2. The topological polar surface area (TPSA) is 72.3 Å². The third-order valence-corrected chi connectivity index (χ3v) is 4.72. The fourth-order valence-corrected chi connectivity index (χ4v) is 3.55. The van der Waals surface area contributed by atoms with Crippen LogP contribution in [0.1, 0.15) is 12.0 Å². The second kappa shape index (κ2) is 5.14. The monoisotopic (exact) mass is 334 g/mol. The predicted molar refractivity (Wildman–Crippen MR) is 94.4 cm³/mol. The van der Waals surface area contributed by atoms with Gasteiger partial charge in [-0.1, -0.05) is 18.2 Å². The molecule has 0 spiro atoms. The molecule has 0 saturated carbocycles. The van der Waals surface area contributed by atoms with Crippen LogP contribution in [0.25, 0.3) is 16.7 Å². The van der Waals surface area contributed by atoms with Crippen molar-refractivity contribution in [2.45, 2.75) is 12.8 Å². The molecule has 0 fully saturated rings. The van der Waals surface area contributed by atoms with Gasteiger partial charge in [-0.3, -0.25) is 4.40 Å². The van der Waals surface area contributed by atoms with E-state index >= 15 is 0 Å². The molecule has 0 amide bonds. The van der Waals surface area contributed by atoms with Gasteiger partial charge in [0.1, 0.15) is 18.0 Å². The van der Waals surface area contributed by atoms with E-state index in [4.69, 9.17) is 5.73 Å². The molecule has 6 nitrogen and oxygen atoms in total. The first-order valence-corrected chi connectivity index (χ1v) is 8.16. The van der Waals surface area contributed by atoms with E-state index in [0.717, 1.165) is 30.6 Å². The van der Waals surface area contributed by atoms with Crippen molar-refractivity contribution in [1.82, 2.24) is 19.6 Å². The first-order valence-electron chi connectivity index (χ1n) is 8.16. The first kappa shape index (κ1) is 14.2. The minimum Gasteiger partial charge on any atom is -0.396 e. The van der Waals surface area contributed by atoms with E-state index in [1.807, 2.05) is 12.1 Å². The molecule has 0 atom stereocenters. The van der Waals surface area contributed by atoms with Crippen LogP contribution in [0, 0.1) is 5.82 Å². The average molecular weight is 334 g/mol. The zero-order chi connectivity index (χ0) is 17.0. The average Bonchev–Trinajstić information content (AvgIpc) is 3.11. The lowest BCUT2D eigenvalue weighted by Gasteiger charge is -2.31. The van der Waals surface area contributed by atoms with Crippen molar-refractivity contribution < 1.29 is 4.39 Å². The van der Waals surface area contributed by atoms with E-state index in [0.29, 0.717) is 17.0 Å². The van der Waals surface area contributed by atoms with Crippen molar-refractivity contribution in [1.29, 1.82) is 0 Å². The molecule has 1 aliphatic rings. The Morgan fingerprint density at radius 2 is 2.04 bits per heavy atom. The third kappa shape index (κ3) is 2.05. The summed E-state index contributed by atoms with van der Waals surface area (Å²) in [7, 11) is 0. The molecule has 0 unspecified atom stereocenters. The number of anilines is 3.